The van der Waals surface area contributed by atoms with Crippen molar-refractivity contribution >= 4 is 17.7 Å². The van der Waals surface area contributed by atoms with Crippen LogP contribution in [-0.4, -0.2) is 53.6 Å². The number of likely N-dealkylation sites (N-methyl/N-ethyl adjacent to an activating group) is 1. The predicted molar refractivity (Wildman–Crippen MR) is 101 cm³/mol. The number of nitrogens with one attached hydrogen (secondary N) is 2. The van der Waals surface area contributed by atoms with Crippen LogP contribution in [0.1, 0.15) is 32.8 Å². The molecule has 0 heterocycles. The minimum absolute atomic E-state index is 0.0167. The van der Waals surface area contributed by atoms with E-state index in [9.17, 15) is 10.0 Å². The van der Waals surface area contributed by atoms with Crippen molar-refractivity contribution in [1.82, 2.24) is 15.7 Å². The molecule has 1 aromatic carbocycles. The molecule has 0 bridgehead atoms. The van der Waals surface area contributed by atoms with Crippen LogP contribution in [0.5, 0.6) is 0 Å². The zero-order valence-electron chi connectivity index (χ0n) is 15.2. The van der Waals surface area contributed by atoms with E-state index in [4.69, 9.17) is 0 Å². The van der Waals surface area contributed by atoms with Crippen molar-refractivity contribution in [1.29, 1.82) is 0 Å². The number of hydrogen-bond donors (Lipinski definition) is 3. The zero-order chi connectivity index (χ0) is 18.0. The molecule has 136 valence electrons. The van der Waals surface area contributed by atoms with Gasteiger partial charge >= 0.3 is 0 Å². The van der Waals surface area contributed by atoms with Crippen molar-refractivity contribution < 1.29 is 10.0 Å². The Morgan fingerprint density at radius 2 is 2.00 bits per heavy atom. The second-order valence-electron chi connectivity index (χ2n) is 6.62. The fourth-order valence-corrected chi connectivity index (χ4v) is 3.06. The number of rotatable bonds is 11. The first kappa shape index (κ1) is 21.0. The van der Waals surface area contributed by atoms with Crippen LogP contribution in [0.2, 0.25) is 0 Å². The largest absolute Gasteiger partial charge is 0.350 e. The van der Waals surface area contributed by atoms with Crippen molar-refractivity contribution in [3.8, 4) is 0 Å². The SMILES string of the molecule is CCC(C)(C)NC(=O)C(CSCc1ccccc1)NCCN(C)O. The Hall–Kier alpha value is -1.08. The lowest BCUT2D eigenvalue weighted by atomic mass is 10.0. The van der Waals surface area contributed by atoms with E-state index >= 15 is 0 Å². The molecule has 1 amide bonds. The van der Waals surface area contributed by atoms with Crippen LogP contribution in [-0.2, 0) is 10.5 Å². The summed E-state index contributed by atoms with van der Waals surface area (Å²) < 4.78 is 0. The Kier molecular flexibility index (Phi) is 9.36. The van der Waals surface area contributed by atoms with Gasteiger partial charge in [-0.25, -0.2) is 0 Å². The van der Waals surface area contributed by atoms with Crippen LogP contribution in [0.3, 0.4) is 0 Å². The lowest BCUT2D eigenvalue weighted by Crippen LogP contribution is -2.53. The third-order valence-corrected chi connectivity index (χ3v) is 4.99. The van der Waals surface area contributed by atoms with Gasteiger partial charge in [-0.2, -0.15) is 16.8 Å². The summed E-state index contributed by atoms with van der Waals surface area (Å²) in [7, 11) is 1.60. The second-order valence-corrected chi connectivity index (χ2v) is 7.65. The average Bonchev–Trinajstić information content (AvgIpc) is 2.53. The molecule has 0 aromatic heterocycles. The molecule has 6 heteroatoms. The molecule has 0 saturated heterocycles. The molecule has 0 aliphatic heterocycles. The molecule has 1 atom stereocenters. The Morgan fingerprint density at radius 3 is 2.58 bits per heavy atom. The number of thioether (sulfide) groups is 1. The number of benzene rings is 1. The highest BCUT2D eigenvalue weighted by molar-refractivity contribution is 7.98. The van der Waals surface area contributed by atoms with E-state index in [1.54, 1.807) is 18.8 Å². The smallest absolute Gasteiger partial charge is 0.238 e. The Morgan fingerprint density at radius 1 is 1.33 bits per heavy atom. The molecule has 5 nitrogen and oxygen atoms in total. The lowest BCUT2D eigenvalue weighted by molar-refractivity contribution is -0.124. The van der Waals surface area contributed by atoms with Gasteiger partial charge in [-0.15, -0.1) is 0 Å². The van der Waals surface area contributed by atoms with Gasteiger partial charge in [0.2, 0.25) is 5.91 Å². The van der Waals surface area contributed by atoms with Crippen LogP contribution in [0.25, 0.3) is 0 Å². The molecule has 0 fully saturated rings. The van der Waals surface area contributed by atoms with Crippen LogP contribution in [0.15, 0.2) is 30.3 Å². The molecule has 3 N–H and O–H groups in total. The standard InChI is InChI=1S/C18H31N3O2S/c1-5-18(2,3)20-17(22)16(19-11-12-21(4)23)14-24-13-15-9-7-6-8-10-15/h6-10,16,19,23H,5,11-14H2,1-4H3,(H,20,22). The van der Waals surface area contributed by atoms with Gasteiger partial charge in [0.25, 0.3) is 0 Å². The minimum atomic E-state index is -0.274. The van der Waals surface area contributed by atoms with E-state index in [0.29, 0.717) is 18.8 Å². The van der Waals surface area contributed by atoms with Crippen LogP contribution in [0.4, 0.5) is 0 Å². The van der Waals surface area contributed by atoms with Gasteiger partial charge < -0.3 is 15.8 Å². The minimum Gasteiger partial charge on any atom is -0.350 e. The summed E-state index contributed by atoms with van der Waals surface area (Å²) in [6, 6.07) is 9.97. The highest BCUT2D eigenvalue weighted by Crippen LogP contribution is 2.14. The molecular weight excluding hydrogens is 322 g/mol. The van der Waals surface area contributed by atoms with E-state index < -0.39 is 0 Å². The van der Waals surface area contributed by atoms with Gasteiger partial charge in [0.15, 0.2) is 0 Å². The molecule has 0 spiro atoms. The maximum absolute atomic E-state index is 12.6. The van der Waals surface area contributed by atoms with Crippen LogP contribution < -0.4 is 10.6 Å². The summed E-state index contributed by atoms with van der Waals surface area (Å²) in [5.41, 5.74) is 1.04. The fourth-order valence-electron chi connectivity index (χ4n) is 2.01. The first-order valence-corrected chi connectivity index (χ1v) is 9.56. The normalized spacial score (nSPS) is 13.1. The predicted octanol–water partition coefficient (Wildman–Crippen LogP) is 2.50. The summed E-state index contributed by atoms with van der Waals surface area (Å²) in [6.07, 6.45) is 0.877. The van der Waals surface area contributed by atoms with Gasteiger partial charge in [0.05, 0.1) is 6.04 Å². The van der Waals surface area contributed by atoms with Crippen molar-refractivity contribution in [3.63, 3.8) is 0 Å². The molecule has 0 aliphatic carbocycles. The topological polar surface area (TPSA) is 64.6 Å². The summed E-state index contributed by atoms with van der Waals surface area (Å²) in [5, 5.41) is 16.7. The Labute approximate surface area is 150 Å². The summed E-state index contributed by atoms with van der Waals surface area (Å²) in [6.45, 7) is 7.16. The van der Waals surface area contributed by atoms with Crippen molar-refractivity contribution in [3.05, 3.63) is 35.9 Å². The number of carbonyl (C=O) groups excluding carboxylic acids is 1. The second kappa shape index (κ2) is 10.7. The molecule has 0 aliphatic rings. The Bertz CT molecular complexity index is 480. The van der Waals surface area contributed by atoms with Crippen molar-refractivity contribution in [2.24, 2.45) is 0 Å². The number of nitrogens with zero attached hydrogens (tertiary/aromatic N) is 1. The maximum atomic E-state index is 12.6. The number of hydroxylamine groups is 2. The molecule has 1 unspecified atom stereocenters. The summed E-state index contributed by atoms with van der Waals surface area (Å²) in [4.78, 5) is 12.6. The van der Waals surface area contributed by atoms with E-state index in [2.05, 4.69) is 29.7 Å². The zero-order valence-corrected chi connectivity index (χ0v) is 16.0. The quantitative estimate of drug-likeness (QED) is 0.534. The summed E-state index contributed by atoms with van der Waals surface area (Å²) >= 11 is 1.74. The third kappa shape index (κ3) is 8.68. The first-order valence-electron chi connectivity index (χ1n) is 8.41. The molecule has 1 aromatic rings. The number of hydrogen-bond acceptors (Lipinski definition) is 5. The van der Waals surface area contributed by atoms with Crippen molar-refractivity contribution in [2.75, 3.05) is 25.9 Å². The van der Waals surface area contributed by atoms with E-state index in [1.165, 1.54) is 5.56 Å². The van der Waals surface area contributed by atoms with Gasteiger partial charge in [-0.3, -0.25) is 4.79 Å². The van der Waals surface area contributed by atoms with Crippen molar-refractivity contribution in [2.45, 2.75) is 44.5 Å². The van der Waals surface area contributed by atoms with Gasteiger partial charge in [0, 0.05) is 37.2 Å². The average molecular weight is 354 g/mol. The van der Waals surface area contributed by atoms with Gasteiger partial charge in [0.1, 0.15) is 0 Å². The monoisotopic (exact) mass is 353 g/mol. The first-order chi connectivity index (χ1) is 11.3. The van der Waals surface area contributed by atoms with E-state index in [-0.39, 0.29) is 17.5 Å². The highest BCUT2D eigenvalue weighted by atomic mass is 32.2. The van der Waals surface area contributed by atoms with E-state index in [0.717, 1.165) is 17.2 Å². The molecule has 1 rings (SSSR count). The molecule has 0 saturated carbocycles. The van der Waals surface area contributed by atoms with Gasteiger partial charge in [-0.1, -0.05) is 37.3 Å². The van der Waals surface area contributed by atoms with Crippen LogP contribution >= 0.6 is 11.8 Å². The fraction of sp³-hybridized carbons (Fsp3) is 0.611. The highest BCUT2D eigenvalue weighted by Gasteiger charge is 2.24. The number of amides is 1. The molecule has 24 heavy (non-hydrogen) atoms. The van der Waals surface area contributed by atoms with E-state index in [1.807, 2.05) is 32.0 Å². The summed E-state index contributed by atoms with van der Waals surface area (Å²) in [5.74, 6) is 1.59. The van der Waals surface area contributed by atoms with Crippen LogP contribution in [0, 0.1) is 0 Å². The lowest BCUT2D eigenvalue weighted by Gasteiger charge is -2.28. The maximum Gasteiger partial charge on any atom is 0.238 e. The Balaban J connectivity index is 2.54. The van der Waals surface area contributed by atoms with Gasteiger partial charge in [-0.05, 0) is 25.8 Å². The third-order valence-electron chi connectivity index (χ3n) is 3.88. The number of carbonyl (C=O) groups is 1. The molecular formula is C18H31N3O2S. The molecule has 0 radical (unpaired) electrons.